The molecule has 0 saturated carbocycles. The summed E-state index contributed by atoms with van der Waals surface area (Å²) in [5.74, 6) is -0.987. The zero-order valence-electron chi connectivity index (χ0n) is 19.6. The zero-order chi connectivity index (χ0) is 26.5. The van der Waals surface area contributed by atoms with Crippen LogP contribution in [0.4, 0.5) is 13.2 Å². The Hall–Kier alpha value is -3.84. The highest BCUT2D eigenvalue weighted by atomic mass is 35.5. The van der Waals surface area contributed by atoms with Gasteiger partial charge in [0, 0.05) is 5.39 Å². The minimum atomic E-state index is -4.57. The molecule has 1 aromatic heterocycles. The molecule has 188 valence electrons. The summed E-state index contributed by atoms with van der Waals surface area (Å²) in [4.78, 5) is 17.0. The van der Waals surface area contributed by atoms with E-state index in [9.17, 15) is 28.2 Å². The van der Waals surface area contributed by atoms with Gasteiger partial charge < -0.3 is 10.2 Å². The fraction of sp³-hybridized carbons (Fsp3) is 0.172. The highest BCUT2D eigenvalue weighted by molar-refractivity contribution is 6.31. The van der Waals surface area contributed by atoms with E-state index >= 15 is 0 Å². The molecule has 5 rings (SSSR count). The molecule has 0 fully saturated rings. The number of hydrogen-bond donors (Lipinski definition) is 2. The summed E-state index contributed by atoms with van der Waals surface area (Å²) in [5.41, 5.74) is 3.46. The Morgan fingerprint density at radius 1 is 1.05 bits per heavy atom. The van der Waals surface area contributed by atoms with Crippen molar-refractivity contribution in [1.29, 1.82) is 0 Å². The van der Waals surface area contributed by atoms with Crippen LogP contribution in [-0.2, 0) is 12.6 Å². The SMILES string of the molecule is CC1C/C(=C\c2cccc(-c3ccc(Cl)c(C(F)(F)F)c3)c2)c2nc3ccc(O)cc3c(C(=O)O)c2C1. The fourth-order valence-electron chi connectivity index (χ4n) is 4.95. The number of benzene rings is 3. The molecule has 1 heterocycles. The normalized spacial score (nSPS) is 16.7. The van der Waals surface area contributed by atoms with Crippen LogP contribution in [0.2, 0.25) is 5.02 Å². The first-order chi connectivity index (χ1) is 17.5. The standard InChI is InChI=1S/C29H21ClF3NO3/c1-15-9-19(27-22(10-15)26(28(36)37)21-14-20(35)6-8-25(21)34-27)12-16-3-2-4-17(11-16)18-5-7-24(30)23(13-18)29(31,32)33/h2-8,11-15,35H,9-10H2,1H3,(H,36,37)/b19-12+. The number of rotatable bonds is 3. The largest absolute Gasteiger partial charge is 0.508 e. The van der Waals surface area contributed by atoms with E-state index in [-0.39, 0.29) is 22.3 Å². The lowest BCUT2D eigenvalue weighted by atomic mass is 9.80. The van der Waals surface area contributed by atoms with Gasteiger partial charge in [-0.05, 0) is 89.1 Å². The maximum atomic E-state index is 13.4. The molecule has 4 aromatic rings. The Balaban J connectivity index is 1.64. The van der Waals surface area contributed by atoms with Crippen LogP contribution in [0.3, 0.4) is 0 Å². The minimum Gasteiger partial charge on any atom is -0.508 e. The number of nitrogens with zero attached hydrogens (tertiary/aromatic N) is 1. The monoisotopic (exact) mass is 523 g/mol. The highest BCUT2D eigenvalue weighted by Gasteiger charge is 2.33. The van der Waals surface area contributed by atoms with Crippen molar-refractivity contribution in [3.8, 4) is 16.9 Å². The number of phenolic OH excluding ortho intramolecular Hbond substituents is 1. The number of aromatic hydroxyl groups is 1. The van der Waals surface area contributed by atoms with E-state index in [4.69, 9.17) is 16.6 Å². The molecule has 1 unspecified atom stereocenters. The molecule has 1 aliphatic carbocycles. The van der Waals surface area contributed by atoms with Gasteiger partial charge in [-0.3, -0.25) is 0 Å². The van der Waals surface area contributed by atoms with E-state index in [0.717, 1.165) is 17.2 Å². The average molecular weight is 524 g/mol. The smallest absolute Gasteiger partial charge is 0.417 e. The maximum absolute atomic E-state index is 13.4. The topological polar surface area (TPSA) is 70.4 Å². The van der Waals surface area contributed by atoms with E-state index in [1.807, 2.05) is 19.1 Å². The van der Waals surface area contributed by atoms with Crippen molar-refractivity contribution in [2.24, 2.45) is 5.92 Å². The molecule has 2 N–H and O–H groups in total. The van der Waals surface area contributed by atoms with Gasteiger partial charge in [0.2, 0.25) is 0 Å². The van der Waals surface area contributed by atoms with Gasteiger partial charge in [-0.2, -0.15) is 13.2 Å². The van der Waals surface area contributed by atoms with Gasteiger partial charge >= 0.3 is 12.1 Å². The number of aromatic nitrogens is 1. The molecular weight excluding hydrogens is 503 g/mol. The van der Waals surface area contributed by atoms with Crippen molar-refractivity contribution in [1.82, 2.24) is 4.98 Å². The quantitative estimate of drug-likeness (QED) is 0.284. The van der Waals surface area contributed by atoms with Crippen molar-refractivity contribution in [3.63, 3.8) is 0 Å². The molecule has 37 heavy (non-hydrogen) atoms. The number of pyridine rings is 1. The van der Waals surface area contributed by atoms with Crippen LogP contribution in [0, 0.1) is 5.92 Å². The number of aromatic carboxylic acids is 1. The van der Waals surface area contributed by atoms with Crippen LogP contribution < -0.4 is 0 Å². The summed E-state index contributed by atoms with van der Waals surface area (Å²) in [7, 11) is 0. The third-order valence-corrected chi connectivity index (χ3v) is 6.87. The number of halogens is 4. The Kier molecular flexibility index (Phi) is 6.20. The molecule has 1 aliphatic rings. The summed E-state index contributed by atoms with van der Waals surface area (Å²) in [6.45, 7) is 2.03. The summed E-state index contributed by atoms with van der Waals surface area (Å²) >= 11 is 5.78. The van der Waals surface area contributed by atoms with E-state index in [2.05, 4.69) is 0 Å². The summed E-state index contributed by atoms with van der Waals surface area (Å²) in [5, 5.41) is 20.0. The minimum absolute atomic E-state index is 0.0379. The molecular formula is C29H21ClF3NO3. The van der Waals surface area contributed by atoms with E-state index < -0.39 is 17.7 Å². The van der Waals surface area contributed by atoms with Crippen LogP contribution in [-0.4, -0.2) is 21.2 Å². The predicted octanol–water partition coefficient (Wildman–Crippen LogP) is 8.10. The molecule has 3 aromatic carbocycles. The molecule has 4 nitrogen and oxygen atoms in total. The van der Waals surface area contributed by atoms with Crippen molar-refractivity contribution in [2.45, 2.75) is 25.9 Å². The van der Waals surface area contributed by atoms with E-state index in [1.54, 1.807) is 30.3 Å². The van der Waals surface area contributed by atoms with E-state index in [1.165, 1.54) is 18.2 Å². The van der Waals surface area contributed by atoms with Crippen LogP contribution in [0.25, 0.3) is 33.7 Å². The summed E-state index contributed by atoms with van der Waals surface area (Å²) < 4.78 is 40.1. The van der Waals surface area contributed by atoms with Crippen molar-refractivity contribution in [2.75, 3.05) is 0 Å². The Bertz CT molecular complexity index is 1590. The van der Waals surface area contributed by atoms with Crippen LogP contribution in [0.5, 0.6) is 5.75 Å². The van der Waals surface area contributed by atoms with Gasteiger partial charge in [0.05, 0.1) is 27.4 Å². The van der Waals surface area contributed by atoms with Crippen molar-refractivity contribution in [3.05, 3.63) is 93.6 Å². The number of phenols is 1. The van der Waals surface area contributed by atoms with Crippen LogP contribution in [0.15, 0.2) is 60.7 Å². The first-order valence-electron chi connectivity index (χ1n) is 11.6. The van der Waals surface area contributed by atoms with Gasteiger partial charge in [-0.25, -0.2) is 9.78 Å². The molecule has 0 radical (unpaired) electrons. The number of carboxylic acid groups (broad SMARTS) is 1. The van der Waals surface area contributed by atoms with Gasteiger partial charge in [0.25, 0.3) is 0 Å². The van der Waals surface area contributed by atoms with Gasteiger partial charge in [-0.1, -0.05) is 42.8 Å². The number of hydrogen-bond acceptors (Lipinski definition) is 3. The number of carbonyl (C=O) groups is 1. The average Bonchev–Trinajstić information content (AvgIpc) is 2.82. The van der Waals surface area contributed by atoms with Gasteiger partial charge in [0.15, 0.2) is 0 Å². The molecule has 1 atom stereocenters. The molecule has 0 bridgehead atoms. The third kappa shape index (κ3) is 4.79. The Morgan fingerprint density at radius 2 is 1.81 bits per heavy atom. The lowest BCUT2D eigenvalue weighted by Gasteiger charge is -2.26. The van der Waals surface area contributed by atoms with Gasteiger partial charge in [-0.15, -0.1) is 0 Å². The second kappa shape index (κ2) is 9.23. The summed E-state index contributed by atoms with van der Waals surface area (Å²) in [6, 6.07) is 15.4. The van der Waals surface area contributed by atoms with Crippen molar-refractivity contribution >= 4 is 40.1 Å². The third-order valence-electron chi connectivity index (χ3n) is 6.54. The van der Waals surface area contributed by atoms with Crippen LogP contribution >= 0.6 is 11.6 Å². The zero-order valence-corrected chi connectivity index (χ0v) is 20.4. The van der Waals surface area contributed by atoms with Crippen LogP contribution in [0.1, 0.15) is 46.1 Å². The first kappa shape index (κ1) is 24.8. The molecule has 8 heteroatoms. The second-order valence-corrected chi connectivity index (χ2v) is 9.73. The molecule has 0 aliphatic heterocycles. The summed E-state index contributed by atoms with van der Waals surface area (Å²) in [6.07, 6.45) is -1.48. The van der Waals surface area contributed by atoms with E-state index in [0.29, 0.717) is 46.1 Å². The van der Waals surface area contributed by atoms with Crippen molar-refractivity contribution < 1.29 is 28.2 Å². The lowest BCUT2D eigenvalue weighted by molar-refractivity contribution is -0.137. The van der Waals surface area contributed by atoms with Gasteiger partial charge in [0.1, 0.15) is 5.75 Å². The number of allylic oxidation sites excluding steroid dienone is 1. The number of fused-ring (bicyclic) bond motifs is 2. The Morgan fingerprint density at radius 3 is 2.54 bits per heavy atom. The number of alkyl halides is 3. The maximum Gasteiger partial charge on any atom is 0.417 e. The molecule has 0 saturated heterocycles. The Labute approximate surface area is 215 Å². The second-order valence-electron chi connectivity index (χ2n) is 9.32. The molecule has 0 amide bonds. The highest BCUT2D eigenvalue weighted by Crippen LogP contribution is 2.40. The number of carboxylic acids is 1. The molecule has 0 spiro atoms. The predicted molar refractivity (Wildman–Crippen MR) is 138 cm³/mol. The lowest BCUT2D eigenvalue weighted by Crippen LogP contribution is -2.17. The first-order valence-corrected chi connectivity index (χ1v) is 12.0. The fourth-order valence-corrected chi connectivity index (χ4v) is 5.18.